The van der Waals surface area contributed by atoms with Crippen molar-refractivity contribution >= 4 is 5.97 Å². The van der Waals surface area contributed by atoms with Gasteiger partial charge in [0.15, 0.2) is 0 Å². The highest BCUT2D eigenvalue weighted by atomic mass is 16.5. The molecule has 0 saturated carbocycles. The molecule has 0 radical (unpaired) electrons. The van der Waals surface area contributed by atoms with Gasteiger partial charge in [0, 0.05) is 6.42 Å². The predicted molar refractivity (Wildman–Crippen MR) is 70.0 cm³/mol. The fourth-order valence-corrected chi connectivity index (χ4v) is 1.71. The molecule has 0 aliphatic rings. The molecule has 17 heavy (non-hydrogen) atoms. The minimum absolute atomic E-state index is 0.307. The van der Waals surface area contributed by atoms with Gasteiger partial charge in [0.05, 0.1) is 5.56 Å². The van der Waals surface area contributed by atoms with E-state index in [0.717, 1.165) is 30.4 Å². The van der Waals surface area contributed by atoms with Gasteiger partial charge >= 0.3 is 5.97 Å². The summed E-state index contributed by atoms with van der Waals surface area (Å²) in [4.78, 5) is 11.8. The first kappa shape index (κ1) is 13.5. The second-order valence-corrected chi connectivity index (χ2v) is 4.41. The van der Waals surface area contributed by atoms with Crippen LogP contribution in [0.25, 0.3) is 0 Å². The number of unbranched alkanes of at least 4 members (excludes halogenated alkanes) is 1. The Kier molecular flexibility index (Phi) is 4.95. The number of hydrogen-bond acceptors (Lipinski definition) is 2. The van der Waals surface area contributed by atoms with E-state index in [9.17, 15) is 4.79 Å². The number of carbonyl (C=O) groups is 1. The van der Waals surface area contributed by atoms with Gasteiger partial charge in [-0.1, -0.05) is 37.1 Å². The Balaban J connectivity index is 2.66. The Morgan fingerprint density at radius 3 is 2.35 bits per heavy atom. The molecule has 0 fully saturated rings. The van der Waals surface area contributed by atoms with E-state index in [1.807, 2.05) is 32.0 Å². The van der Waals surface area contributed by atoms with Crippen LogP contribution in [0.3, 0.4) is 0 Å². The van der Waals surface area contributed by atoms with Crippen LogP contribution in [0.5, 0.6) is 0 Å². The molecule has 1 aromatic carbocycles. The lowest BCUT2D eigenvalue weighted by Crippen LogP contribution is -2.05. The van der Waals surface area contributed by atoms with Crippen molar-refractivity contribution in [1.29, 1.82) is 0 Å². The molecule has 2 nitrogen and oxygen atoms in total. The standard InChI is InChI=1S/C15H20O2/c1-5-6-7-13(4)17-15(16)14-9-11(2)8-12(3)10-14/h8-10H,4-7H2,1-3H3. The molecule has 0 unspecified atom stereocenters. The normalized spacial score (nSPS) is 10.1. The molecule has 1 rings (SSSR count). The van der Waals surface area contributed by atoms with Crippen LogP contribution in [0.2, 0.25) is 0 Å². The van der Waals surface area contributed by atoms with Crippen molar-refractivity contribution in [3.63, 3.8) is 0 Å². The van der Waals surface area contributed by atoms with Gasteiger partial charge in [-0.05, 0) is 32.4 Å². The number of ether oxygens (including phenoxy) is 1. The highest BCUT2D eigenvalue weighted by Crippen LogP contribution is 2.13. The van der Waals surface area contributed by atoms with Crippen LogP contribution in [0.4, 0.5) is 0 Å². The van der Waals surface area contributed by atoms with Crippen LogP contribution in [0.1, 0.15) is 47.7 Å². The van der Waals surface area contributed by atoms with Gasteiger partial charge in [0.2, 0.25) is 0 Å². The molecular formula is C15H20O2. The van der Waals surface area contributed by atoms with Crippen molar-refractivity contribution in [3.05, 3.63) is 47.2 Å². The number of benzene rings is 1. The van der Waals surface area contributed by atoms with E-state index in [-0.39, 0.29) is 5.97 Å². The Hall–Kier alpha value is -1.57. The highest BCUT2D eigenvalue weighted by molar-refractivity contribution is 5.90. The third kappa shape index (κ3) is 4.43. The number of allylic oxidation sites excluding steroid dienone is 1. The third-order valence-electron chi connectivity index (χ3n) is 2.50. The van der Waals surface area contributed by atoms with Gasteiger partial charge in [-0.15, -0.1) is 0 Å². The monoisotopic (exact) mass is 232 g/mol. The maximum atomic E-state index is 11.8. The van der Waals surface area contributed by atoms with E-state index < -0.39 is 0 Å². The summed E-state index contributed by atoms with van der Waals surface area (Å²) in [7, 11) is 0. The lowest BCUT2D eigenvalue weighted by atomic mass is 10.1. The van der Waals surface area contributed by atoms with E-state index in [4.69, 9.17) is 4.74 Å². The molecule has 0 aliphatic carbocycles. The van der Waals surface area contributed by atoms with Gasteiger partial charge < -0.3 is 4.74 Å². The molecule has 0 heterocycles. The van der Waals surface area contributed by atoms with Gasteiger partial charge in [0.1, 0.15) is 5.76 Å². The van der Waals surface area contributed by atoms with Crippen LogP contribution < -0.4 is 0 Å². The average molecular weight is 232 g/mol. The van der Waals surface area contributed by atoms with Gasteiger partial charge in [0.25, 0.3) is 0 Å². The van der Waals surface area contributed by atoms with E-state index >= 15 is 0 Å². The number of esters is 1. The summed E-state index contributed by atoms with van der Waals surface area (Å²) in [6.07, 6.45) is 2.81. The van der Waals surface area contributed by atoms with Crippen molar-refractivity contribution in [2.24, 2.45) is 0 Å². The van der Waals surface area contributed by atoms with Gasteiger partial charge in [-0.3, -0.25) is 0 Å². The number of rotatable bonds is 5. The second-order valence-electron chi connectivity index (χ2n) is 4.41. The quantitative estimate of drug-likeness (QED) is 0.562. The summed E-state index contributed by atoms with van der Waals surface area (Å²) in [5, 5.41) is 0. The zero-order valence-corrected chi connectivity index (χ0v) is 10.9. The van der Waals surface area contributed by atoms with Crippen LogP contribution >= 0.6 is 0 Å². The first-order chi connectivity index (χ1) is 8.02. The summed E-state index contributed by atoms with van der Waals surface area (Å²) in [6.45, 7) is 9.79. The minimum atomic E-state index is -0.307. The molecule has 0 aromatic heterocycles. The fraction of sp³-hybridized carbons (Fsp3) is 0.400. The fourth-order valence-electron chi connectivity index (χ4n) is 1.71. The molecule has 0 spiro atoms. The maximum Gasteiger partial charge on any atom is 0.343 e. The summed E-state index contributed by atoms with van der Waals surface area (Å²) in [5.41, 5.74) is 2.73. The van der Waals surface area contributed by atoms with E-state index in [1.54, 1.807) is 0 Å². The van der Waals surface area contributed by atoms with Crippen molar-refractivity contribution < 1.29 is 9.53 Å². The smallest absolute Gasteiger partial charge is 0.343 e. The SMILES string of the molecule is C=C(CCCC)OC(=O)c1cc(C)cc(C)c1. The van der Waals surface area contributed by atoms with Gasteiger partial charge in [-0.2, -0.15) is 0 Å². The largest absolute Gasteiger partial charge is 0.428 e. The lowest BCUT2D eigenvalue weighted by Gasteiger charge is -2.08. The molecule has 0 atom stereocenters. The maximum absolute atomic E-state index is 11.8. The molecule has 0 bridgehead atoms. The van der Waals surface area contributed by atoms with Crippen LogP contribution in [-0.2, 0) is 4.74 Å². The Bertz CT molecular complexity index is 399. The predicted octanol–water partition coefficient (Wildman–Crippen LogP) is 4.16. The topological polar surface area (TPSA) is 26.3 Å². The molecule has 0 amide bonds. The molecule has 92 valence electrons. The summed E-state index contributed by atoms with van der Waals surface area (Å²) >= 11 is 0. The molecule has 0 aliphatic heterocycles. The highest BCUT2D eigenvalue weighted by Gasteiger charge is 2.09. The van der Waals surface area contributed by atoms with E-state index in [0.29, 0.717) is 11.3 Å². The first-order valence-electron chi connectivity index (χ1n) is 6.01. The van der Waals surface area contributed by atoms with Crippen molar-refractivity contribution in [2.75, 3.05) is 0 Å². The summed E-state index contributed by atoms with van der Waals surface area (Å²) < 4.78 is 5.22. The van der Waals surface area contributed by atoms with Crippen LogP contribution in [-0.4, -0.2) is 5.97 Å². The number of hydrogen-bond donors (Lipinski definition) is 0. The first-order valence-corrected chi connectivity index (χ1v) is 6.01. The van der Waals surface area contributed by atoms with E-state index in [1.165, 1.54) is 0 Å². The molecular weight excluding hydrogens is 212 g/mol. The molecule has 0 N–H and O–H groups in total. The lowest BCUT2D eigenvalue weighted by molar-refractivity contribution is 0.0614. The van der Waals surface area contributed by atoms with Crippen LogP contribution in [0.15, 0.2) is 30.5 Å². The average Bonchev–Trinajstić information content (AvgIpc) is 2.25. The summed E-state index contributed by atoms with van der Waals surface area (Å²) in [6, 6.07) is 5.70. The molecule has 2 heteroatoms. The van der Waals surface area contributed by atoms with Crippen LogP contribution in [0, 0.1) is 13.8 Å². The van der Waals surface area contributed by atoms with Crippen molar-refractivity contribution in [1.82, 2.24) is 0 Å². The molecule has 1 aromatic rings. The number of aryl methyl sites for hydroxylation is 2. The van der Waals surface area contributed by atoms with E-state index in [2.05, 4.69) is 13.5 Å². The van der Waals surface area contributed by atoms with Crippen molar-refractivity contribution in [2.45, 2.75) is 40.0 Å². The number of carbonyl (C=O) groups excluding carboxylic acids is 1. The zero-order valence-electron chi connectivity index (χ0n) is 10.9. The van der Waals surface area contributed by atoms with Gasteiger partial charge in [-0.25, -0.2) is 4.79 Å². The second kappa shape index (κ2) is 6.24. The zero-order chi connectivity index (χ0) is 12.8. The Morgan fingerprint density at radius 1 is 1.24 bits per heavy atom. The minimum Gasteiger partial charge on any atom is -0.428 e. The Labute approximate surface area is 103 Å². The summed E-state index contributed by atoms with van der Waals surface area (Å²) in [5.74, 6) is 0.244. The third-order valence-corrected chi connectivity index (χ3v) is 2.50. The Morgan fingerprint density at radius 2 is 1.82 bits per heavy atom. The molecule has 0 saturated heterocycles. The van der Waals surface area contributed by atoms with Crippen molar-refractivity contribution in [3.8, 4) is 0 Å².